The van der Waals surface area contributed by atoms with Gasteiger partial charge >= 0.3 is 12.0 Å². The predicted octanol–water partition coefficient (Wildman–Crippen LogP) is 3.15. The fourth-order valence-electron chi connectivity index (χ4n) is 2.32. The molecule has 6 heteroatoms. The number of anilines is 1. The maximum atomic E-state index is 11.9. The molecule has 2 aromatic rings. The molecule has 132 valence electrons. The van der Waals surface area contributed by atoms with Gasteiger partial charge < -0.3 is 20.1 Å². The summed E-state index contributed by atoms with van der Waals surface area (Å²) in [5.74, 6) is 0.428. The molecule has 0 spiro atoms. The number of aryl methyl sites for hydroxylation is 1. The second-order valence-electron chi connectivity index (χ2n) is 5.50. The second-order valence-corrected chi connectivity index (χ2v) is 5.50. The Hall–Kier alpha value is -3.02. The Kier molecular flexibility index (Phi) is 6.39. The van der Waals surface area contributed by atoms with Gasteiger partial charge in [-0.05, 0) is 54.8 Å². The van der Waals surface area contributed by atoms with E-state index in [-0.39, 0.29) is 6.03 Å². The Labute approximate surface area is 147 Å². The molecule has 0 saturated carbocycles. The molecule has 6 nitrogen and oxygen atoms in total. The van der Waals surface area contributed by atoms with E-state index in [1.807, 2.05) is 25.1 Å². The SMILES string of the molecule is COC(=O)c1ccc(NC(=O)NCCc2ccc(C)c(OC)c2)cc1. The number of esters is 1. The van der Waals surface area contributed by atoms with Gasteiger partial charge in [0.15, 0.2) is 0 Å². The van der Waals surface area contributed by atoms with Gasteiger partial charge in [0.1, 0.15) is 5.75 Å². The number of hydrogen-bond acceptors (Lipinski definition) is 4. The molecule has 2 rings (SSSR count). The van der Waals surface area contributed by atoms with E-state index >= 15 is 0 Å². The summed E-state index contributed by atoms with van der Waals surface area (Å²) in [5.41, 5.74) is 3.20. The number of rotatable bonds is 6. The number of hydrogen-bond donors (Lipinski definition) is 2. The molecule has 25 heavy (non-hydrogen) atoms. The normalized spacial score (nSPS) is 10.0. The molecule has 0 aromatic heterocycles. The van der Waals surface area contributed by atoms with Crippen LogP contribution in [0.4, 0.5) is 10.5 Å². The molecule has 0 aliphatic heterocycles. The molecule has 0 unspecified atom stereocenters. The number of urea groups is 1. The third-order valence-electron chi connectivity index (χ3n) is 3.74. The number of benzene rings is 2. The number of methoxy groups -OCH3 is 2. The van der Waals surface area contributed by atoms with Gasteiger partial charge in [-0.2, -0.15) is 0 Å². The number of carbonyl (C=O) groups excluding carboxylic acids is 2. The Bertz CT molecular complexity index is 742. The lowest BCUT2D eigenvalue weighted by molar-refractivity contribution is 0.0600. The van der Waals surface area contributed by atoms with Gasteiger partial charge in [-0.25, -0.2) is 9.59 Å². The Morgan fingerprint density at radius 3 is 2.40 bits per heavy atom. The standard InChI is InChI=1S/C19H22N2O4/c1-13-4-5-14(12-17(13)24-2)10-11-20-19(23)21-16-8-6-15(7-9-16)18(22)25-3/h4-9,12H,10-11H2,1-3H3,(H2,20,21,23). The van der Waals surface area contributed by atoms with Gasteiger partial charge in [-0.3, -0.25) is 0 Å². The van der Waals surface area contributed by atoms with E-state index in [1.54, 1.807) is 31.4 Å². The van der Waals surface area contributed by atoms with Crippen molar-refractivity contribution in [1.82, 2.24) is 5.32 Å². The van der Waals surface area contributed by atoms with Crippen LogP contribution in [0.5, 0.6) is 5.75 Å². The van der Waals surface area contributed by atoms with E-state index < -0.39 is 5.97 Å². The van der Waals surface area contributed by atoms with E-state index in [0.717, 1.165) is 16.9 Å². The molecule has 2 N–H and O–H groups in total. The van der Waals surface area contributed by atoms with Crippen molar-refractivity contribution in [2.45, 2.75) is 13.3 Å². The molecule has 0 saturated heterocycles. The first-order valence-electron chi connectivity index (χ1n) is 7.90. The van der Waals surface area contributed by atoms with Gasteiger partial charge in [0.25, 0.3) is 0 Å². The lowest BCUT2D eigenvalue weighted by atomic mass is 10.1. The van der Waals surface area contributed by atoms with Crippen molar-refractivity contribution in [3.05, 3.63) is 59.2 Å². The first-order chi connectivity index (χ1) is 12.0. The van der Waals surface area contributed by atoms with E-state index in [2.05, 4.69) is 15.4 Å². The number of nitrogens with one attached hydrogen (secondary N) is 2. The Morgan fingerprint density at radius 2 is 1.76 bits per heavy atom. The third kappa shape index (κ3) is 5.24. The van der Waals surface area contributed by atoms with Crippen LogP contribution in [-0.2, 0) is 11.2 Å². The van der Waals surface area contributed by atoms with Crippen LogP contribution < -0.4 is 15.4 Å². The van der Waals surface area contributed by atoms with Crippen LogP contribution in [0, 0.1) is 6.92 Å². The second kappa shape index (κ2) is 8.73. The van der Waals surface area contributed by atoms with Gasteiger partial charge in [-0.15, -0.1) is 0 Å². The third-order valence-corrected chi connectivity index (χ3v) is 3.74. The van der Waals surface area contributed by atoms with Crippen LogP contribution in [-0.4, -0.2) is 32.8 Å². The molecule has 2 aromatic carbocycles. The summed E-state index contributed by atoms with van der Waals surface area (Å²) in [7, 11) is 2.97. The van der Waals surface area contributed by atoms with Crippen molar-refractivity contribution in [1.29, 1.82) is 0 Å². The maximum absolute atomic E-state index is 11.9. The van der Waals surface area contributed by atoms with Crippen molar-refractivity contribution in [2.24, 2.45) is 0 Å². The lowest BCUT2D eigenvalue weighted by Crippen LogP contribution is -2.30. The minimum atomic E-state index is -0.412. The monoisotopic (exact) mass is 342 g/mol. The smallest absolute Gasteiger partial charge is 0.337 e. The fourth-order valence-corrected chi connectivity index (χ4v) is 2.32. The molecule has 0 atom stereocenters. The van der Waals surface area contributed by atoms with Gasteiger partial charge in [-0.1, -0.05) is 12.1 Å². The number of carbonyl (C=O) groups is 2. The van der Waals surface area contributed by atoms with Gasteiger partial charge in [0.2, 0.25) is 0 Å². The van der Waals surface area contributed by atoms with Crippen LogP contribution in [0.2, 0.25) is 0 Å². The zero-order chi connectivity index (χ0) is 18.2. The summed E-state index contributed by atoms with van der Waals surface area (Å²) >= 11 is 0. The highest BCUT2D eigenvalue weighted by Gasteiger charge is 2.06. The average molecular weight is 342 g/mol. The zero-order valence-corrected chi connectivity index (χ0v) is 14.6. The van der Waals surface area contributed by atoms with Crippen molar-refractivity contribution in [3.63, 3.8) is 0 Å². The molecule has 0 fully saturated rings. The van der Waals surface area contributed by atoms with Crippen molar-refractivity contribution < 1.29 is 19.1 Å². The molecule has 0 bridgehead atoms. The summed E-state index contributed by atoms with van der Waals surface area (Å²) in [5, 5.41) is 5.51. The fraction of sp³-hybridized carbons (Fsp3) is 0.263. The summed E-state index contributed by atoms with van der Waals surface area (Å²) < 4.78 is 9.92. The van der Waals surface area contributed by atoms with Gasteiger partial charge in [0, 0.05) is 12.2 Å². The van der Waals surface area contributed by atoms with Gasteiger partial charge in [0.05, 0.1) is 19.8 Å². The van der Waals surface area contributed by atoms with Crippen LogP contribution in [0.25, 0.3) is 0 Å². The Morgan fingerprint density at radius 1 is 1.04 bits per heavy atom. The average Bonchev–Trinajstić information content (AvgIpc) is 2.63. The van der Waals surface area contributed by atoms with Crippen LogP contribution >= 0.6 is 0 Å². The van der Waals surface area contributed by atoms with E-state index in [1.165, 1.54) is 7.11 Å². The first kappa shape index (κ1) is 18.3. The van der Waals surface area contributed by atoms with Crippen molar-refractivity contribution in [2.75, 3.05) is 26.1 Å². The largest absolute Gasteiger partial charge is 0.496 e. The summed E-state index contributed by atoms with van der Waals surface area (Å²) in [4.78, 5) is 23.3. The highest BCUT2D eigenvalue weighted by Crippen LogP contribution is 2.19. The predicted molar refractivity (Wildman–Crippen MR) is 96.2 cm³/mol. The Balaban J connectivity index is 1.81. The lowest BCUT2D eigenvalue weighted by Gasteiger charge is -2.10. The van der Waals surface area contributed by atoms with Crippen molar-refractivity contribution >= 4 is 17.7 Å². The summed E-state index contributed by atoms with van der Waals surface area (Å²) in [6.45, 7) is 2.48. The molecule has 0 aliphatic rings. The van der Waals surface area contributed by atoms with Crippen molar-refractivity contribution in [3.8, 4) is 5.75 Å². The summed E-state index contributed by atoms with van der Waals surface area (Å²) in [6, 6.07) is 12.2. The number of ether oxygens (including phenoxy) is 2. The maximum Gasteiger partial charge on any atom is 0.337 e. The molecular formula is C19H22N2O4. The minimum absolute atomic E-state index is 0.301. The number of amides is 2. The minimum Gasteiger partial charge on any atom is -0.496 e. The molecule has 0 heterocycles. The highest BCUT2D eigenvalue weighted by atomic mass is 16.5. The van der Waals surface area contributed by atoms with Crippen LogP contribution in [0.1, 0.15) is 21.5 Å². The first-order valence-corrected chi connectivity index (χ1v) is 7.90. The quantitative estimate of drug-likeness (QED) is 0.791. The molecule has 0 radical (unpaired) electrons. The summed E-state index contributed by atoms with van der Waals surface area (Å²) in [6.07, 6.45) is 0.700. The molecule has 0 aliphatic carbocycles. The van der Waals surface area contributed by atoms with E-state index in [9.17, 15) is 9.59 Å². The highest BCUT2D eigenvalue weighted by molar-refractivity contribution is 5.92. The van der Waals surface area contributed by atoms with E-state index in [4.69, 9.17) is 4.74 Å². The van der Waals surface area contributed by atoms with Crippen LogP contribution in [0.15, 0.2) is 42.5 Å². The van der Waals surface area contributed by atoms with Crippen LogP contribution in [0.3, 0.4) is 0 Å². The topological polar surface area (TPSA) is 76.7 Å². The zero-order valence-electron chi connectivity index (χ0n) is 14.6. The molecule has 2 amide bonds. The van der Waals surface area contributed by atoms with E-state index in [0.29, 0.717) is 24.2 Å². The molecular weight excluding hydrogens is 320 g/mol.